The number of hydrogen-bond acceptors (Lipinski definition) is 6. The summed E-state index contributed by atoms with van der Waals surface area (Å²) in [4.78, 5) is 29.1. The standard InChI is InChI=1S/C22H24N6O4S/c1-28(2)33(31,32)18-5-3-4-16(12-18)22(30)23-13-19(29)24-17-10-8-15(9-11-17)21-25-20(26-27-21)14-6-7-14/h3-5,8-12,14H,6-7,13H2,1-2H3,(H,23,30)(H,24,29)(H,25,26,27). The number of hydrogen-bond donors (Lipinski definition) is 3. The van der Waals surface area contributed by atoms with Gasteiger partial charge < -0.3 is 10.6 Å². The minimum Gasteiger partial charge on any atom is -0.343 e. The molecule has 0 saturated heterocycles. The first kappa shape index (κ1) is 22.6. The maximum Gasteiger partial charge on any atom is 0.251 e. The van der Waals surface area contributed by atoms with Crippen molar-refractivity contribution >= 4 is 27.5 Å². The van der Waals surface area contributed by atoms with Gasteiger partial charge in [-0.15, -0.1) is 0 Å². The summed E-state index contributed by atoms with van der Waals surface area (Å²) in [7, 11) is -0.841. The first-order valence-electron chi connectivity index (χ1n) is 10.4. The highest BCUT2D eigenvalue weighted by Gasteiger charge is 2.27. The molecule has 172 valence electrons. The van der Waals surface area contributed by atoms with E-state index in [2.05, 4.69) is 25.8 Å². The van der Waals surface area contributed by atoms with Crippen LogP contribution in [0.5, 0.6) is 0 Å². The molecule has 0 atom stereocenters. The molecule has 3 aromatic rings. The fraction of sp³-hybridized carbons (Fsp3) is 0.273. The average Bonchev–Trinajstić information content (AvgIpc) is 3.54. The number of aromatic nitrogens is 3. The second-order valence-corrected chi connectivity index (χ2v) is 10.1. The second-order valence-electron chi connectivity index (χ2n) is 7.94. The first-order chi connectivity index (χ1) is 15.7. The van der Waals surface area contributed by atoms with Crippen LogP contribution in [0.15, 0.2) is 53.4 Å². The third-order valence-electron chi connectivity index (χ3n) is 5.18. The molecule has 0 spiro atoms. The van der Waals surface area contributed by atoms with Crippen LogP contribution in [-0.4, -0.2) is 60.4 Å². The lowest BCUT2D eigenvalue weighted by Gasteiger charge is -2.12. The van der Waals surface area contributed by atoms with Gasteiger partial charge in [0.05, 0.1) is 11.4 Å². The summed E-state index contributed by atoms with van der Waals surface area (Å²) in [5, 5.41) is 12.4. The van der Waals surface area contributed by atoms with Gasteiger partial charge in [0.2, 0.25) is 15.9 Å². The van der Waals surface area contributed by atoms with E-state index in [4.69, 9.17) is 0 Å². The van der Waals surface area contributed by atoms with Gasteiger partial charge in [0, 0.05) is 36.8 Å². The highest BCUT2D eigenvalue weighted by molar-refractivity contribution is 7.89. The van der Waals surface area contributed by atoms with Crippen LogP contribution in [0.3, 0.4) is 0 Å². The molecular formula is C22H24N6O4S. The summed E-state index contributed by atoms with van der Waals surface area (Å²) in [5.74, 6) is 1.04. The van der Waals surface area contributed by atoms with Crippen LogP contribution in [0, 0.1) is 0 Å². The number of carbonyl (C=O) groups is 2. The van der Waals surface area contributed by atoms with Crippen LogP contribution in [0.4, 0.5) is 5.69 Å². The van der Waals surface area contributed by atoms with Crippen molar-refractivity contribution in [1.82, 2.24) is 24.8 Å². The Morgan fingerprint density at radius 2 is 1.85 bits per heavy atom. The van der Waals surface area contributed by atoms with E-state index in [1.54, 1.807) is 12.1 Å². The zero-order chi connectivity index (χ0) is 23.6. The van der Waals surface area contributed by atoms with Crippen LogP contribution in [-0.2, 0) is 14.8 Å². The molecule has 0 radical (unpaired) electrons. The smallest absolute Gasteiger partial charge is 0.251 e. The fourth-order valence-electron chi connectivity index (χ4n) is 3.12. The van der Waals surface area contributed by atoms with Gasteiger partial charge in [0.15, 0.2) is 5.82 Å². The van der Waals surface area contributed by atoms with Crippen molar-refractivity contribution < 1.29 is 18.0 Å². The molecule has 11 heteroatoms. The van der Waals surface area contributed by atoms with E-state index in [1.165, 1.54) is 38.4 Å². The molecule has 1 aliphatic carbocycles. The van der Waals surface area contributed by atoms with Gasteiger partial charge in [0.1, 0.15) is 5.82 Å². The van der Waals surface area contributed by atoms with Gasteiger partial charge in [-0.3, -0.25) is 14.7 Å². The zero-order valence-electron chi connectivity index (χ0n) is 18.2. The Morgan fingerprint density at radius 3 is 2.52 bits per heavy atom. The average molecular weight is 469 g/mol. The molecule has 10 nitrogen and oxygen atoms in total. The summed E-state index contributed by atoms with van der Waals surface area (Å²) < 4.78 is 25.6. The number of nitrogens with zero attached hydrogens (tertiary/aromatic N) is 3. The maximum atomic E-state index is 12.4. The Bertz CT molecular complexity index is 1280. The Balaban J connectivity index is 1.32. The maximum absolute atomic E-state index is 12.4. The lowest BCUT2D eigenvalue weighted by molar-refractivity contribution is -0.115. The fourth-order valence-corrected chi connectivity index (χ4v) is 4.07. The molecule has 4 rings (SSSR count). The van der Waals surface area contributed by atoms with E-state index >= 15 is 0 Å². The van der Waals surface area contributed by atoms with E-state index in [1.807, 2.05) is 12.1 Å². The van der Waals surface area contributed by atoms with Crippen molar-refractivity contribution in [3.63, 3.8) is 0 Å². The number of H-pyrrole nitrogens is 1. The molecule has 33 heavy (non-hydrogen) atoms. The number of rotatable bonds is 8. The van der Waals surface area contributed by atoms with Gasteiger partial charge in [-0.1, -0.05) is 6.07 Å². The molecule has 1 saturated carbocycles. The van der Waals surface area contributed by atoms with Gasteiger partial charge in [-0.2, -0.15) is 5.10 Å². The molecular weight excluding hydrogens is 444 g/mol. The number of amides is 2. The van der Waals surface area contributed by atoms with E-state index in [-0.39, 0.29) is 17.0 Å². The predicted molar refractivity (Wildman–Crippen MR) is 122 cm³/mol. The van der Waals surface area contributed by atoms with Crippen LogP contribution < -0.4 is 10.6 Å². The molecule has 1 aromatic heterocycles. The third kappa shape index (κ3) is 5.26. The van der Waals surface area contributed by atoms with E-state index < -0.39 is 21.8 Å². The molecule has 1 aliphatic rings. The van der Waals surface area contributed by atoms with Crippen molar-refractivity contribution in [2.24, 2.45) is 0 Å². The molecule has 2 amide bonds. The van der Waals surface area contributed by atoms with Crippen LogP contribution in [0.2, 0.25) is 0 Å². The highest BCUT2D eigenvalue weighted by Crippen LogP contribution is 2.38. The van der Waals surface area contributed by atoms with Crippen LogP contribution >= 0.6 is 0 Å². The Kier molecular flexibility index (Phi) is 6.25. The topological polar surface area (TPSA) is 137 Å². The summed E-state index contributed by atoms with van der Waals surface area (Å²) >= 11 is 0. The zero-order valence-corrected chi connectivity index (χ0v) is 19.0. The number of aromatic amines is 1. The lowest BCUT2D eigenvalue weighted by Crippen LogP contribution is -2.33. The molecule has 0 bridgehead atoms. The van der Waals surface area contributed by atoms with Gasteiger partial charge in [-0.05, 0) is 55.3 Å². The Morgan fingerprint density at radius 1 is 1.12 bits per heavy atom. The molecule has 3 N–H and O–H groups in total. The predicted octanol–water partition coefficient (Wildman–Crippen LogP) is 1.97. The van der Waals surface area contributed by atoms with Gasteiger partial charge in [0.25, 0.3) is 5.91 Å². The number of benzene rings is 2. The van der Waals surface area contributed by atoms with Crippen molar-refractivity contribution in [2.75, 3.05) is 26.0 Å². The molecule has 0 unspecified atom stereocenters. The van der Waals surface area contributed by atoms with Crippen molar-refractivity contribution in [2.45, 2.75) is 23.7 Å². The number of sulfonamides is 1. The number of carbonyl (C=O) groups excluding carboxylic acids is 2. The Labute approximate surface area is 191 Å². The SMILES string of the molecule is CN(C)S(=O)(=O)c1cccc(C(=O)NCC(=O)Nc2ccc(-c3n[nH]c(C4CC4)n3)cc2)c1. The van der Waals surface area contributed by atoms with E-state index in [9.17, 15) is 18.0 Å². The number of nitrogens with one attached hydrogen (secondary N) is 3. The summed E-state index contributed by atoms with van der Waals surface area (Å²) in [6, 6.07) is 12.7. The monoisotopic (exact) mass is 468 g/mol. The largest absolute Gasteiger partial charge is 0.343 e. The second kappa shape index (κ2) is 9.12. The van der Waals surface area contributed by atoms with Gasteiger partial charge >= 0.3 is 0 Å². The summed E-state index contributed by atoms with van der Waals surface area (Å²) in [6.45, 7) is -0.267. The molecule has 1 fully saturated rings. The summed E-state index contributed by atoms with van der Waals surface area (Å²) in [6.07, 6.45) is 2.27. The molecule has 1 heterocycles. The normalized spacial score (nSPS) is 13.7. The first-order valence-corrected chi connectivity index (χ1v) is 11.8. The quantitative estimate of drug-likeness (QED) is 0.462. The number of anilines is 1. The van der Waals surface area contributed by atoms with E-state index in [0.717, 1.165) is 28.5 Å². The summed E-state index contributed by atoms with van der Waals surface area (Å²) in [5.41, 5.74) is 1.54. The highest BCUT2D eigenvalue weighted by atomic mass is 32.2. The van der Waals surface area contributed by atoms with Crippen molar-refractivity contribution in [1.29, 1.82) is 0 Å². The van der Waals surface area contributed by atoms with Crippen LogP contribution in [0.1, 0.15) is 34.9 Å². The lowest BCUT2D eigenvalue weighted by atomic mass is 10.2. The van der Waals surface area contributed by atoms with Gasteiger partial charge in [-0.25, -0.2) is 17.7 Å². The third-order valence-corrected chi connectivity index (χ3v) is 6.99. The minimum absolute atomic E-state index is 0.000320. The van der Waals surface area contributed by atoms with Crippen molar-refractivity contribution in [3.8, 4) is 11.4 Å². The van der Waals surface area contributed by atoms with Crippen LogP contribution in [0.25, 0.3) is 11.4 Å². The molecule has 0 aliphatic heterocycles. The molecule has 2 aromatic carbocycles. The Hall–Kier alpha value is -3.57. The van der Waals surface area contributed by atoms with E-state index in [0.29, 0.717) is 17.4 Å². The van der Waals surface area contributed by atoms with Crippen molar-refractivity contribution in [3.05, 3.63) is 59.9 Å². The minimum atomic E-state index is -3.67.